The minimum atomic E-state index is -0.289. The van der Waals surface area contributed by atoms with E-state index in [1.165, 1.54) is 23.5 Å². The minimum absolute atomic E-state index is 0.157. The fourth-order valence-electron chi connectivity index (χ4n) is 3.09. The van der Waals surface area contributed by atoms with Crippen molar-refractivity contribution in [1.29, 1.82) is 0 Å². The molecule has 0 saturated heterocycles. The summed E-state index contributed by atoms with van der Waals surface area (Å²) in [5.41, 5.74) is 2.99. The van der Waals surface area contributed by atoms with E-state index in [0.29, 0.717) is 22.8 Å². The van der Waals surface area contributed by atoms with Crippen LogP contribution in [0.15, 0.2) is 88.3 Å². The normalized spacial score (nSPS) is 11.5. The van der Waals surface area contributed by atoms with Crippen molar-refractivity contribution in [3.05, 3.63) is 90.4 Å². The molecule has 5 rings (SSSR count). The second kappa shape index (κ2) is 7.57. The maximum Gasteiger partial charge on any atom is 0.145 e. The van der Waals surface area contributed by atoms with Crippen LogP contribution in [0.2, 0.25) is 0 Å². The number of rotatable bonds is 4. The first-order chi connectivity index (χ1) is 14.7. The van der Waals surface area contributed by atoms with Crippen molar-refractivity contribution in [3.63, 3.8) is 0 Å². The zero-order valence-corrected chi connectivity index (χ0v) is 16.4. The van der Waals surface area contributed by atoms with Gasteiger partial charge in [-0.05, 0) is 66.7 Å². The molecule has 5 aromatic rings. The van der Waals surface area contributed by atoms with Crippen LogP contribution < -0.4 is 0 Å². The zero-order valence-electron chi connectivity index (χ0n) is 15.6. The summed E-state index contributed by atoms with van der Waals surface area (Å²) in [6.07, 6.45) is 1.61. The third-order valence-electron chi connectivity index (χ3n) is 4.60. The Labute approximate surface area is 175 Å². The molecule has 0 atom stereocenters. The van der Waals surface area contributed by atoms with E-state index in [1.54, 1.807) is 42.6 Å². The summed E-state index contributed by atoms with van der Waals surface area (Å²) in [5.74, 6) is 1.08. The summed E-state index contributed by atoms with van der Waals surface area (Å²) >= 11 is 1.52. The molecule has 6 heteroatoms. The van der Waals surface area contributed by atoms with Gasteiger partial charge in [-0.15, -0.1) is 11.3 Å². The highest BCUT2D eigenvalue weighted by molar-refractivity contribution is 7.21. The monoisotopic (exact) mass is 414 g/mol. The van der Waals surface area contributed by atoms with Crippen LogP contribution in [0.3, 0.4) is 0 Å². The Balaban J connectivity index is 1.42. The molecular weight excluding hydrogens is 399 g/mol. The Kier molecular flexibility index (Phi) is 4.61. The molecule has 0 aliphatic carbocycles. The van der Waals surface area contributed by atoms with Gasteiger partial charge in [0, 0.05) is 5.56 Å². The lowest BCUT2D eigenvalue weighted by molar-refractivity contribution is 0.477. The molecule has 3 aromatic carbocycles. The van der Waals surface area contributed by atoms with E-state index < -0.39 is 0 Å². The van der Waals surface area contributed by atoms with Gasteiger partial charge in [-0.1, -0.05) is 12.1 Å². The number of thiazole rings is 1. The first-order valence-corrected chi connectivity index (χ1v) is 10.1. The second-order valence-electron chi connectivity index (χ2n) is 6.66. The highest BCUT2D eigenvalue weighted by atomic mass is 32.1. The number of hydrogen-bond donors (Lipinski definition) is 1. The largest absolute Gasteiger partial charge is 0.507 e. The zero-order chi connectivity index (χ0) is 20.5. The molecule has 0 aliphatic rings. The van der Waals surface area contributed by atoms with Crippen LogP contribution in [0.1, 0.15) is 5.76 Å². The molecule has 146 valence electrons. The molecule has 30 heavy (non-hydrogen) atoms. The number of fused-ring (bicyclic) bond motifs is 1. The predicted octanol–water partition coefficient (Wildman–Crippen LogP) is 6.82. The molecule has 0 bridgehead atoms. The van der Waals surface area contributed by atoms with Crippen LogP contribution in [0.25, 0.3) is 32.1 Å². The number of aromatic nitrogens is 1. The third-order valence-corrected chi connectivity index (χ3v) is 5.67. The second-order valence-corrected chi connectivity index (χ2v) is 7.69. The van der Waals surface area contributed by atoms with Gasteiger partial charge in [0.2, 0.25) is 0 Å². The Bertz CT molecular complexity index is 1340. The van der Waals surface area contributed by atoms with Crippen molar-refractivity contribution >= 4 is 33.5 Å². The van der Waals surface area contributed by atoms with Crippen molar-refractivity contribution in [2.75, 3.05) is 0 Å². The lowest BCUT2D eigenvalue weighted by Gasteiger charge is -2.02. The summed E-state index contributed by atoms with van der Waals surface area (Å²) in [6.45, 7) is 0. The molecule has 4 nitrogen and oxygen atoms in total. The van der Waals surface area contributed by atoms with Crippen molar-refractivity contribution in [2.45, 2.75) is 0 Å². The number of aromatic hydroxyl groups is 1. The molecule has 0 saturated carbocycles. The first-order valence-electron chi connectivity index (χ1n) is 9.24. The molecule has 0 spiro atoms. The van der Waals surface area contributed by atoms with Gasteiger partial charge in [-0.25, -0.2) is 9.37 Å². The SMILES string of the molecule is Oc1ccc(N=Cc2ccc(-c3ccc(F)cc3)o2)cc1-c1nc2ccccc2s1. The molecule has 0 unspecified atom stereocenters. The van der Waals surface area contributed by atoms with Gasteiger partial charge < -0.3 is 9.52 Å². The van der Waals surface area contributed by atoms with Gasteiger partial charge >= 0.3 is 0 Å². The van der Waals surface area contributed by atoms with Crippen molar-refractivity contribution in [2.24, 2.45) is 4.99 Å². The molecule has 0 radical (unpaired) electrons. The summed E-state index contributed by atoms with van der Waals surface area (Å²) in [5, 5.41) is 11.1. The van der Waals surface area contributed by atoms with E-state index in [2.05, 4.69) is 9.98 Å². The van der Waals surface area contributed by atoms with Crippen molar-refractivity contribution in [3.8, 4) is 27.6 Å². The standard InChI is InChI=1S/C24H15FN2O2S/c25-16-7-5-15(6-8-16)22-12-10-18(29-22)14-26-17-9-11-21(28)19(13-17)24-27-20-3-1-2-4-23(20)30-24/h1-14,28H. The highest BCUT2D eigenvalue weighted by Gasteiger charge is 2.11. The Morgan fingerprint density at radius 2 is 1.80 bits per heavy atom. The Morgan fingerprint density at radius 1 is 0.967 bits per heavy atom. The lowest BCUT2D eigenvalue weighted by Crippen LogP contribution is -1.79. The van der Waals surface area contributed by atoms with E-state index in [1.807, 2.05) is 30.3 Å². The Hall–Kier alpha value is -3.77. The number of para-hydroxylation sites is 1. The quantitative estimate of drug-likeness (QED) is 0.328. The molecule has 0 aliphatic heterocycles. The van der Waals surface area contributed by atoms with Crippen LogP contribution in [0.5, 0.6) is 5.75 Å². The van der Waals surface area contributed by atoms with Crippen LogP contribution in [-0.2, 0) is 0 Å². The fourth-order valence-corrected chi connectivity index (χ4v) is 4.08. The van der Waals surface area contributed by atoms with E-state index in [9.17, 15) is 9.50 Å². The molecule has 1 N–H and O–H groups in total. The Morgan fingerprint density at radius 3 is 2.63 bits per heavy atom. The number of furan rings is 1. The van der Waals surface area contributed by atoms with Gasteiger partial charge in [-0.3, -0.25) is 4.99 Å². The number of phenolic OH excluding ortho intramolecular Hbond substituents is 1. The van der Waals surface area contributed by atoms with E-state index in [4.69, 9.17) is 4.42 Å². The van der Waals surface area contributed by atoms with Gasteiger partial charge in [0.15, 0.2) is 0 Å². The predicted molar refractivity (Wildman–Crippen MR) is 118 cm³/mol. The van der Waals surface area contributed by atoms with Gasteiger partial charge in [-0.2, -0.15) is 0 Å². The molecular formula is C24H15FN2O2S. The average Bonchev–Trinajstić information content (AvgIpc) is 3.41. The number of halogens is 1. The van der Waals surface area contributed by atoms with Crippen LogP contribution >= 0.6 is 11.3 Å². The fraction of sp³-hybridized carbons (Fsp3) is 0. The summed E-state index contributed by atoms with van der Waals surface area (Å²) in [6, 6.07) is 22.7. The molecule has 2 heterocycles. The molecule has 0 amide bonds. The number of benzene rings is 3. The molecule has 2 aromatic heterocycles. The van der Waals surface area contributed by atoms with Crippen molar-refractivity contribution < 1.29 is 13.9 Å². The lowest BCUT2D eigenvalue weighted by atomic mass is 10.2. The van der Waals surface area contributed by atoms with Crippen molar-refractivity contribution in [1.82, 2.24) is 4.98 Å². The number of nitrogens with zero attached hydrogens (tertiary/aromatic N) is 2. The number of aliphatic imine (C=N–C) groups is 1. The summed E-state index contributed by atoms with van der Waals surface area (Å²) in [4.78, 5) is 9.07. The summed E-state index contributed by atoms with van der Waals surface area (Å²) < 4.78 is 19.9. The maximum atomic E-state index is 13.1. The average molecular weight is 414 g/mol. The van der Waals surface area contributed by atoms with Gasteiger partial charge in [0.1, 0.15) is 28.1 Å². The van der Waals surface area contributed by atoms with Gasteiger partial charge in [0.25, 0.3) is 0 Å². The van der Waals surface area contributed by atoms with Crippen LogP contribution in [0.4, 0.5) is 10.1 Å². The van der Waals surface area contributed by atoms with Crippen LogP contribution in [-0.4, -0.2) is 16.3 Å². The maximum absolute atomic E-state index is 13.1. The first kappa shape index (κ1) is 18.3. The number of hydrogen-bond acceptors (Lipinski definition) is 5. The topological polar surface area (TPSA) is 58.6 Å². The van der Waals surface area contributed by atoms with E-state index in [-0.39, 0.29) is 11.6 Å². The smallest absolute Gasteiger partial charge is 0.145 e. The van der Waals surface area contributed by atoms with E-state index in [0.717, 1.165) is 20.8 Å². The number of phenols is 1. The minimum Gasteiger partial charge on any atom is -0.507 e. The van der Waals surface area contributed by atoms with Gasteiger partial charge in [0.05, 0.1) is 27.7 Å². The third kappa shape index (κ3) is 3.60. The highest BCUT2D eigenvalue weighted by Crippen LogP contribution is 2.37. The van der Waals surface area contributed by atoms with Crippen LogP contribution in [0, 0.1) is 5.82 Å². The summed E-state index contributed by atoms with van der Waals surface area (Å²) in [7, 11) is 0. The van der Waals surface area contributed by atoms with E-state index >= 15 is 0 Å². The molecule has 0 fully saturated rings.